The molecule has 1 aromatic carbocycles. The number of nitro groups is 1. The zero-order valence-corrected chi connectivity index (χ0v) is 17.0. The van der Waals surface area contributed by atoms with Gasteiger partial charge in [0.15, 0.2) is 16.9 Å². The smallest absolute Gasteiger partial charge is 0.331 e. The SMILES string of the molecule is NC(=O)CCC(N)(C(=O)O)C(=O)c1cccc([N+](=O)[O-])c1C(=O)C(N)(CCC(N)=O)C(=O)O. The standard InChI is InChI=1S/C18H21N5O10/c19-10(24)4-6-17(21,15(28)29)13(26)8-2-1-3-9(23(32)33)12(8)14(27)18(22,16(30)31)7-5-11(20)25/h1-3H,4-7,21-22H2,(H2,19,24)(H2,20,25)(H,28,29)(H,30,31). The van der Waals surface area contributed by atoms with Gasteiger partial charge in [-0.25, -0.2) is 9.59 Å². The molecule has 0 heterocycles. The molecule has 0 radical (unpaired) electrons. The molecule has 0 aromatic heterocycles. The Hall–Kier alpha value is -4.24. The van der Waals surface area contributed by atoms with Gasteiger partial charge in [-0.05, 0) is 12.8 Å². The largest absolute Gasteiger partial charge is 0.480 e. The molecule has 2 unspecified atom stereocenters. The highest BCUT2D eigenvalue weighted by molar-refractivity contribution is 6.25. The molecule has 0 bridgehead atoms. The number of carboxylic acid groups (broad SMARTS) is 2. The summed E-state index contributed by atoms with van der Waals surface area (Å²) in [5.74, 6) is -9.16. The number of hydrogen-bond acceptors (Lipinski definition) is 10. The van der Waals surface area contributed by atoms with Crippen LogP contribution in [-0.4, -0.2) is 61.5 Å². The summed E-state index contributed by atoms with van der Waals surface area (Å²) in [6.07, 6.45) is -3.08. The van der Waals surface area contributed by atoms with Crippen LogP contribution in [0.2, 0.25) is 0 Å². The van der Waals surface area contributed by atoms with Crippen molar-refractivity contribution in [2.24, 2.45) is 22.9 Å². The molecule has 0 spiro atoms. The molecule has 0 fully saturated rings. The number of carbonyl (C=O) groups is 6. The van der Waals surface area contributed by atoms with E-state index in [9.17, 15) is 49.1 Å². The van der Waals surface area contributed by atoms with Crippen molar-refractivity contribution in [3.05, 3.63) is 39.4 Å². The van der Waals surface area contributed by atoms with Crippen LogP contribution in [-0.2, 0) is 19.2 Å². The van der Waals surface area contributed by atoms with Gasteiger partial charge in [-0.15, -0.1) is 0 Å². The number of nitrogens with two attached hydrogens (primary N) is 4. The number of aliphatic carboxylic acids is 2. The van der Waals surface area contributed by atoms with Gasteiger partial charge in [0.25, 0.3) is 5.69 Å². The zero-order valence-electron chi connectivity index (χ0n) is 17.0. The van der Waals surface area contributed by atoms with Gasteiger partial charge >= 0.3 is 11.9 Å². The van der Waals surface area contributed by atoms with Gasteiger partial charge in [-0.1, -0.05) is 12.1 Å². The van der Waals surface area contributed by atoms with Gasteiger partial charge < -0.3 is 33.1 Å². The molecule has 15 heteroatoms. The van der Waals surface area contributed by atoms with Gasteiger partial charge in [0.1, 0.15) is 5.56 Å². The quantitative estimate of drug-likeness (QED) is 0.0798. The third-order valence-electron chi connectivity index (χ3n) is 4.82. The van der Waals surface area contributed by atoms with Crippen molar-refractivity contribution in [1.29, 1.82) is 0 Å². The van der Waals surface area contributed by atoms with Crippen LogP contribution in [0, 0.1) is 10.1 Å². The predicted molar refractivity (Wildman–Crippen MR) is 108 cm³/mol. The molecule has 0 aliphatic heterocycles. The second-order valence-electron chi connectivity index (χ2n) is 7.10. The van der Waals surface area contributed by atoms with E-state index in [-0.39, 0.29) is 0 Å². The molecule has 33 heavy (non-hydrogen) atoms. The molecule has 2 atom stereocenters. The van der Waals surface area contributed by atoms with E-state index < -0.39 is 93.8 Å². The summed E-state index contributed by atoms with van der Waals surface area (Å²) in [4.78, 5) is 82.3. The molecule has 1 aromatic rings. The first-order valence-electron chi connectivity index (χ1n) is 9.07. The van der Waals surface area contributed by atoms with Crippen molar-refractivity contribution in [1.82, 2.24) is 0 Å². The number of benzene rings is 1. The normalized spacial score (nSPS) is 14.4. The Labute approximate surface area is 184 Å². The Bertz CT molecular complexity index is 1060. The topological polar surface area (TPSA) is 290 Å². The van der Waals surface area contributed by atoms with Crippen LogP contribution in [0.1, 0.15) is 46.4 Å². The second kappa shape index (κ2) is 9.92. The van der Waals surface area contributed by atoms with Crippen molar-refractivity contribution in [3.8, 4) is 0 Å². The highest BCUT2D eigenvalue weighted by Crippen LogP contribution is 2.31. The predicted octanol–water partition coefficient (Wildman–Crippen LogP) is -1.94. The fourth-order valence-electron chi connectivity index (χ4n) is 2.86. The maximum atomic E-state index is 13.2. The van der Waals surface area contributed by atoms with Gasteiger partial charge in [0.05, 0.1) is 4.92 Å². The summed E-state index contributed by atoms with van der Waals surface area (Å²) in [6, 6.07) is 2.50. The van der Waals surface area contributed by atoms with Crippen LogP contribution in [0.25, 0.3) is 0 Å². The summed E-state index contributed by atoms with van der Waals surface area (Å²) < 4.78 is 0. The molecule has 0 aliphatic carbocycles. The van der Waals surface area contributed by atoms with Gasteiger partial charge in [0, 0.05) is 24.5 Å². The number of ketones is 2. The molecule has 0 saturated heterocycles. The Balaban J connectivity index is 3.82. The Morgan fingerprint density at radius 3 is 1.64 bits per heavy atom. The fourth-order valence-corrected chi connectivity index (χ4v) is 2.86. The minimum absolute atomic E-state index is 0.665. The fraction of sp³-hybridized carbons (Fsp3) is 0.333. The summed E-state index contributed by atoms with van der Waals surface area (Å²) >= 11 is 0. The monoisotopic (exact) mass is 467 g/mol. The Kier molecular flexibility index (Phi) is 8.06. The number of rotatable bonds is 13. The third-order valence-corrected chi connectivity index (χ3v) is 4.82. The number of primary amides is 2. The van der Waals surface area contributed by atoms with Crippen LogP contribution in [0.5, 0.6) is 0 Å². The molecular formula is C18H21N5O10. The van der Waals surface area contributed by atoms with Crippen molar-refractivity contribution in [2.75, 3.05) is 0 Å². The molecule has 0 aliphatic rings. The minimum atomic E-state index is -2.94. The molecule has 15 nitrogen and oxygen atoms in total. The van der Waals surface area contributed by atoms with E-state index in [0.29, 0.717) is 0 Å². The van der Waals surface area contributed by atoms with Crippen LogP contribution in [0.3, 0.4) is 0 Å². The van der Waals surface area contributed by atoms with Crippen LogP contribution in [0.15, 0.2) is 18.2 Å². The van der Waals surface area contributed by atoms with E-state index in [0.717, 1.165) is 18.2 Å². The number of carboxylic acids is 2. The van der Waals surface area contributed by atoms with Crippen molar-refractivity contribution in [2.45, 2.75) is 36.8 Å². The maximum Gasteiger partial charge on any atom is 0.331 e. The van der Waals surface area contributed by atoms with Crippen LogP contribution >= 0.6 is 0 Å². The highest BCUT2D eigenvalue weighted by atomic mass is 16.6. The highest BCUT2D eigenvalue weighted by Gasteiger charge is 2.49. The first kappa shape index (κ1) is 26.8. The van der Waals surface area contributed by atoms with Crippen molar-refractivity contribution >= 4 is 41.0 Å². The molecule has 2 amide bonds. The van der Waals surface area contributed by atoms with E-state index in [4.69, 9.17) is 22.9 Å². The van der Waals surface area contributed by atoms with Crippen LogP contribution < -0.4 is 22.9 Å². The van der Waals surface area contributed by atoms with E-state index in [1.54, 1.807) is 0 Å². The molecule has 0 saturated carbocycles. The third kappa shape index (κ3) is 5.52. The van der Waals surface area contributed by atoms with E-state index in [2.05, 4.69) is 0 Å². The minimum Gasteiger partial charge on any atom is -0.480 e. The summed E-state index contributed by atoms with van der Waals surface area (Å²) in [7, 11) is 0. The average molecular weight is 467 g/mol. The lowest BCUT2D eigenvalue weighted by Crippen LogP contribution is -2.57. The molecule has 10 N–H and O–H groups in total. The van der Waals surface area contributed by atoms with Gasteiger partial charge in [-0.3, -0.25) is 29.3 Å². The van der Waals surface area contributed by atoms with Gasteiger partial charge in [0.2, 0.25) is 17.6 Å². The summed E-state index contributed by atoms with van der Waals surface area (Å²) in [5, 5.41) is 30.5. The molecular weight excluding hydrogens is 446 g/mol. The molecule has 178 valence electrons. The van der Waals surface area contributed by atoms with E-state index >= 15 is 0 Å². The Morgan fingerprint density at radius 1 is 0.848 bits per heavy atom. The number of Topliss-reactive ketones (excluding diaryl/α,β-unsaturated/α-hetero) is 2. The first-order valence-corrected chi connectivity index (χ1v) is 9.07. The summed E-state index contributed by atoms with van der Waals surface area (Å²) in [6.45, 7) is 0. The van der Waals surface area contributed by atoms with Crippen molar-refractivity contribution < 1.29 is 43.9 Å². The number of amides is 2. The molecule has 1 rings (SSSR count). The number of nitro benzene ring substituents is 1. The maximum absolute atomic E-state index is 13.2. The lowest BCUT2D eigenvalue weighted by molar-refractivity contribution is -0.385. The Morgan fingerprint density at radius 2 is 1.27 bits per heavy atom. The average Bonchev–Trinajstić information content (AvgIpc) is 2.73. The number of carbonyl (C=O) groups excluding carboxylic acids is 4. The first-order chi connectivity index (χ1) is 15.1. The second-order valence-corrected chi connectivity index (χ2v) is 7.10. The van der Waals surface area contributed by atoms with Gasteiger partial charge in [-0.2, -0.15) is 0 Å². The lowest BCUT2D eigenvalue weighted by atomic mass is 9.79. The lowest BCUT2D eigenvalue weighted by Gasteiger charge is -2.26. The number of nitrogens with zero attached hydrogens (tertiary/aromatic N) is 1. The zero-order chi connectivity index (χ0) is 25.7. The summed E-state index contributed by atoms with van der Waals surface area (Å²) in [5.41, 5.74) is 12.4. The van der Waals surface area contributed by atoms with E-state index in [1.165, 1.54) is 0 Å². The van der Waals surface area contributed by atoms with E-state index in [1.807, 2.05) is 0 Å². The van der Waals surface area contributed by atoms with Crippen molar-refractivity contribution in [3.63, 3.8) is 0 Å². The number of hydrogen-bond donors (Lipinski definition) is 6. The van der Waals surface area contributed by atoms with Crippen LogP contribution in [0.4, 0.5) is 5.69 Å².